The van der Waals surface area contributed by atoms with E-state index in [9.17, 15) is 14.9 Å². The van der Waals surface area contributed by atoms with Gasteiger partial charge in [0.1, 0.15) is 17.7 Å². The molecule has 1 unspecified atom stereocenters. The highest BCUT2D eigenvalue weighted by molar-refractivity contribution is 5.87. The van der Waals surface area contributed by atoms with Gasteiger partial charge in [-0.05, 0) is 53.1 Å². The predicted octanol–water partition coefficient (Wildman–Crippen LogP) is 2.22. The van der Waals surface area contributed by atoms with E-state index >= 15 is 0 Å². The number of hydrogen-bond donors (Lipinski definition) is 0. The van der Waals surface area contributed by atoms with E-state index in [2.05, 4.69) is 24.8 Å². The molecule has 0 aromatic carbocycles. The summed E-state index contributed by atoms with van der Waals surface area (Å²) < 4.78 is 5.55. The summed E-state index contributed by atoms with van der Waals surface area (Å²) in [6, 6.07) is 1.42. The van der Waals surface area contributed by atoms with E-state index in [1.807, 2.05) is 20.8 Å². The zero-order valence-corrected chi connectivity index (χ0v) is 16.7. The molecule has 26 heavy (non-hydrogen) atoms. The molecule has 0 aliphatic carbocycles. The maximum atomic E-state index is 13.1. The molecule has 7 heteroatoms. The monoisotopic (exact) mass is 364 g/mol. The number of hydrogen-bond acceptors (Lipinski definition) is 5. The number of rotatable bonds is 4. The van der Waals surface area contributed by atoms with E-state index in [4.69, 9.17) is 4.74 Å². The van der Waals surface area contributed by atoms with Crippen LogP contribution in [0.15, 0.2) is 0 Å². The first-order chi connectivity index (χ1) is 12.2. The van der Waals surface area contributed by atoms with Gasteiger partial charge in [-0.25, -0.2) is 4.79 Å². The van der Waals surface area contributed by atoms with Crippen molar-refractivity contribution in [3.05, 3.63) is 0 Å². The van der Waals surface area contributed by atoms with Crippen molar-refractivity contribution < 1.29 is 14.3 Å². The zero-order chi connectivity index (χ0) is 19.5. The molecule has 0 aromatic rings. The van der Waals surface area contributed by atoms with Crippen LogP contribution in [-0.2, 0) is 9.53 Å². The van der Waals surface area contributed by atoms with Gasteiger partial charge in [0.2, 0.25) is 5.91 Å². The first-order valence-electron chi connectivity index (χ1n) is 9.65. The van der Waals surface area contributed by atoms with Crippen LogP contribution in [0.2, 0.25) is 0 Å². The largest absolute Gasteiger partial charge is 0.444 e. The minimum Gasteiger partial charge on any atom is -0.444 e. The van der Waals surface area contributed by atoms with Crippen molar-refractivity contribution in [3.8, 4) is 6.07 Å². The minimum absolute atomic E-state index is 0.116. The number of amides is 2. The summed E-state index contributed by atoms with van der Waals surface area (Å²) in [5, 5.41) is 9.32. The average molecular weight is 364 g/mol. The molecule has 2 aliphatic rings. The van der Waals surface area contributed by atoms with Gasteiger partial charge in [0.25, 0.3) is 0 Å². The summed E-state index contributed by atoms with van der Waals surface area (Å²) in [4.78, 5) is 31.4. The average Bonchev–Trinajstić information content (AvgIpc) is 3.20. The molecule has 0 N–H and O–H groups in total. The van der Waals surface area contributed by atoms with Crippen LogP contribution in [-0.4, -0.2) is 76.6 Å². The number of carbonyl (C=O) groups excluding carboxylic acids is 2. The smallest absolute Gasteiger partial charge is 0.411 e. The van der Waals surface area contributed by atoms with E-state index in [1.54, 1.807) is 9.80 Å². The molecule has 2 fully saturated rings. The fourth-order valence-electron chi connectivity index (χ4n) is 3.93. The molecular formula is C19H32N4O3. The Morgan fingerprint density at radius 2 is 1.88 bits per heavy atom. The summed E-state index contributed by atoms with van der Waals surface area (Å²) in [5.41, 5.74) is -0.610. The normalized spacial score (nSPS) is 26.3. The van der Waals surface area contributed by atoms with Gasteiger partial charge in [0.15, 0.2) is 0 Å². The van der Waals surface area contributed by atoms with Gasteiger partial charge in [0, 0.05) is 19.1 Å². The molecule has 2 aliphatic heterocycles. The number of carbonyl (C=O) groups is 2. The van der Waals surface area contributed by atoms with Crippen molar-refractivity contribution in [2.75, 3.05) is 26.2 Å². The highest BCUT2D eigenvalue weighted by Crippen LogP contribution is 2.28. The zero-order valence-electron chi connectivity index (χ0n) is 16.7. The molecule has 2 saturated heterocycles. The van der Waals surface area contributed by atoms with Crippen molar-refractivity contribution in [1.82, 2.24) is 14.7 Å². The standard InChI is InChI=1S/C19H32N4O3/c1-6-21(7-2)15-11-16(17(24)22-10-8-9-14(22)12-20)23(13-15)18(25)26-19(3,4)5/h14-16H,6-11,13H2,1-5H3/t14?,15-,16-/m0/s1. The summed E-state index contributed by atoms with van der Waals surface area (Å²) >= 11 is 0. The summed E-state index contributed by atoms with van der Waals surface area (Å²) in [6.45, 7) is 12.5. The molecule has 0 radical (unpaired) electrons. The topological polar surface area (TPSA) is 76.9 Å². The molecule has 0 spiro atoms. The Morgan fingerprint density at radius 3 is 2.42 bits per heavy atom. The quantitative estimate of drug-likeness (QED) is 0.764. The third-order valence-electron chi connectivity index (χ3n) is 5.21. The number of likely N-dealkylation sites (tertiary alicyclic amines) is 2. The lowest BCUT2D eigenvalue weighted by atomic mass is 10.1. The molecule has 2 rings (SSSR count). The maximum Gasteiger partial charge on any atom is 0.411 e. The lowest BCUT2D eigenvalue weighted by Gasteiger charge is -2.31. The molecule has 3 atom stereocenters. The second-order valence-electron chi connectivity index (χ2n) is 8.08. The lowest BCUT2D eigenvalue weighted by molar-refractivity contribution is -0.135. The van der Waals surface area contributed by atoms with Crippen molar-refractivity contribution in [1.29, 1.82) is 5.26 Å². The number of ether oxygens (including phenoxy) is 1. The van der Waals surface area contributed by atoms with Gasteiger partial charge in [-0.1, -0.05) is 13.8 Å². The predicted molar refractivity (Wildman–Crippen MR) is 98.4 cm³/mol. The lowest BCUT2D eigenvalue weighted by Crippen LogP contribution is -2.50. The molecule has 0 bridgehead atoms. The van der Waals surface area contributed by atoms with Crippen LogP contribution in [0.3, 0.4) is 0 Å². The van der Waals surface area contributed by atoms with E-state index in [0.717, 1.165) is 19.5 Å². The minimum atomic E-state index is -0.610. The first-order valence-corrected chi connectivity index (χ1v) is 9.65. The second kappa shape index (κ2) is 8.26. The van der Waals surface area contributed by atoms with E-state index < -0.39 is 17.7 Å². The Kier molecular flexibility index (Phi) is 6.51. The first kappa shape index (κ1) is 20.5. The van der Waals surface area contributed by atoms with Crippen LogP contribution in [0, 0.1) is 11.3 Å². The summed E-state index contributed by atoms with van der Waals surface area (Å²) in [6.07, 6.45) is 1.69. The van der Waals surface area contributed by atoms with Crippen LogP contribution in [0.4, 0.5) is 4.79 Å². The van der Waals surface area contributed by atoms with E-state index in [0.29, 0.717) is 25.9 Å². The Labute approximate surface area is 156 Å². The van der Waals surface area contributed by atoms with Gasteiger partial charge >= 0.3 is 6.09 Å². The van der Waals surface area contributed by atoms with Crippen LogP contribution in [0.1, 0.15) is 53.9 Å². The van der Waals surface area contributed by atoms with Crippen molar-refractivity contribution in [3.63, 3.8) is 0 Å². The van der Waals surface area contributed by atoms with E-state index in [-0.39, 0.29) is 18.0 Å². The van der Waals surface area contributed by atoms with Gasteiger partial charge in [-0.2, -0.15) is 5.26 Å². The highest BCUT2D eigenvalue weighted by atomic mass is 16.6. The Bertz CT molecular complexity index is 562. The molecule has 7 nitrogen and oxygen atoms in total. The van der Waals surface area contributed by atoms with Crippen LogP contribution in [0.5, 0.6) is 0 Å². The van der Waals surface area contributed by atoms with Gasteiger partial charge in [-0.15, -0.1) is 0 Å². The van der Waals surface area contributed by atoms with E-state index in [1.165, 1.54) is 0 Å². The molecule has 2 amide bonds. The number of nitrogens with zero attached hydrogens (tertiary/aromatic N) is 4. The van der Waals surface area contributed by atoms with Gasteiger partial charge in [0.05, 0.1) is 6.07 Å². The summed E-state index contributed by atoms with van der Waals surface area (Å²) in [7, 11) is 0. The van der Waals surface area contributed by atoms with Crippen molar-refractivity contribution in [2.24, 2.45) is 0 Å². The number of nitriles is 1. The maximum absolute atomic E-state index is 13.1. The molecule has 0 saturated carbocycles. The van der Waals surface area contributed by atoms with Gasteiger partial charge < -0.3 is 9.64 Å². The highest BCUT2D eigenvalue weighted by Gasteiger charge is 2.46. The van der Waals surface area contributed by atoms with Crippen LogP contribution >= 0.6 is 0 Å². The van der Waals surface area contributed by atoms with Crippen LogP contribution < -0.4 is 0 Å². The second-order valence-corrected chi connectivity index (χ2v) is 8.08. The van der Waals surface area contributed by atoms with Crippen LogP contribution in [0.25, 0.3) is 0 Å². The fraction of sp³-hybridized carbons (Fsp3) is 0.842. The molecule has 0 aromatic heterocycles. The molecule has 146 valence electrons. The molecule has 2 heterocycles. The SMILES string of the molecule is CCN(CC)[C@H]1C[C@@H](C(=O)N2CCCC2C#N)N(C(=O)OC(C)(C)C)C1. The fourth-order valence-corrected chi connectivity index (χ4v) is 3.93. The van der Waals surface area contributed by atoms with Gasteiger partial charge in [-0.3, -0.25) is 14.6 Å². The third-order valence-corrected chi connectivity index (χ3v) is 5.21. The summed E-state index contributed by atoms with van der Waals surface area (Å²) in [5.74, 6) is -0.116. The third kappa shape index (κ3) is 4.47. The number of likely N-dealkylation sites (N-methyl/N-ethyl adjacent to an activating group) is 1. The molecular weight excluding hydrogens is 332 g/mol. The van der Waals surface area contributed by atoms with Crippen molar-refractivity contribution in [2.45, 2.75) is 77.6 Å². The van der Waals surface area contributed by atoms with Crippen molar-refractivity contribution >= 4 is 12.0 Å². The Hall–Kier alpha value is -1.81. The Morgan fingerprint density at radius 1 is 1.23 bits per heavy atom. The Balaban J connectivity index is 2.22.